The number of rotatable bonds is 5. The van der Waals surface area contributed by atoms with Crippen LogP contribution in [0.4, 0.5) is 0 Å². The molecule has 0 saturated heterocycles. The Morgan fingerprint density at radius 1 is 0.540 bits per heavy atom. The van der Waals surface area contributed by atoms with E-state index in [0.29, 0.717) is 16.7 Å². The van der Waals surface area contributed by atoms with E-state index in [9.17, 15) is 0 Å². The van der Waals surface area contributed by atoms with Gasteiger partial charge in [-0.15, -0.1) is 11.3 Å². The molecule has 0 amide bonds. The van der Waals surface area contributed by atoms with Crippen molar-refractivity contribution in [1.82, 2.24) is 9.55 Å². The zero-order chi connectivity index (χ0) is 37.5. The summed E-state index contributed by atoms with van der Waals surface area (Å²) in [4.78, 5) is 4.56. The summed E-state index contributed by atoms with van der Waals surface area (Å²) in [5, 5.41) is 7.28. The van der Waals surface area contributed by atoms with Crippen molar-refractivity contribution in [3.8, 4) is 39.1 Å². The van der Waals surface area contributed by atoms with Gasteiger partial charge in [-0.3, -0.25) is 4.57 Å². The molecule has 0 aliphatic heterocycles. The number of imidazole rings is 1. The van der Waals surface area contributed by atoms with Crippen molar-refractivity contribution in [3.05, 3.63) is 170 Å². The molecule has 10 aromatic rings. The molecule has 0 fully saturated rings. The van der Waals surface area contributed by atoms with Crippen LogP contribution in [0.25, 0.3) is 91.8 Å². The fraction of sp³-hybridized carbons (Fsp3) is 0.0426. The van der Waals surface area contributed by atoms with Crippen LogP contribution in [0.1, 0.15) is 19.5 Å². The number of benzene rings is 8. The lowest BCUT2D eigenvalue weighted by Crippen LogP contribution is -2.02. The average molecular weight is 662 g/mol. The summed E-state index contributed by atoms with van der Waals surface area (Å²) in [5.41, 5.74) is 8.27. The molecule has 0 bridgehead atoms. The number of hydrogen-bond donors (Lipinski definition) is 0. The summed E-state index contributed by atoms with van der Waals surface area (Å²) in [6.45, 7) is -2.92. The third kappa shape index (κ3) is 4.37. The Kier molecular flexibility index (Phi) is 5.58. The van der Waals surface area contributed by atoms with Gasteiger partial charge in [0.2, 0.25) is 0 Å². The largest absolute Gasteiger partial charge is 0.296 e. The highest BCUT2D eigenvalue weighted by molar-refractivity contribution is 7.25. The monoisotopic (exact) mass is 661 g/mol. The molecule has 236 valence electrons. The Morgan fingerprint density at radius 2 is 1.12 bits per heavy atom. The number of aromatic nitrogens is 2. The Morgan fingerprint density at radius 3 is 1.88 bits per heavy atom. The molecule has 0 saturated carbocycles. The van der Waals surface area contributed by atoms with Crippen molar-refractivity contribution in [1.29, 1.82) is 0 Å². The summed E-state index contributed by atoms with van der Waals surface area (Å²) in [6, 6.07) is 56.3. The van der Waals surface area contributed by atoms with Gasteiger partial charge in [0.05, 0.1) is 16.7 Å². The van der Waals surface area contributed by atoms with E-state index >= 15 is 0 Å². The van der Waals surface area contributed by atoms with E-state index in [1.165, 1.54) is 52.8 Å². The van der Waals surface area contributed by atoms with Gasteiger partial charge in [-0.2, -0.15) is 0 Å². The van der Waals surface area contributed by atoms with Gasteiger partial charge in [0.1, 0.15) is 5.82 Å². The Hall–Kier alpha value is -6.03. The van der Waals surface area contributed by atoms with Gasteiger partial charge in [-0.05, 0) is 79.7 Å². The van der Waals surface area contributed by atoms with Crippen LogP contribution in [0.3, 0.4) is 0 Å². The third-order valence-corrected chi connectivity index (χ3v) is 11.0. The smallest absolute Gasteiger partial charge is 0.114 e. The number of para-hydroxylation sites is 3. The molecule has 50 heavy (non-hydrogen) atoms. The fourth-order valence-corrected chi connectivity index (χ4v) is 8.93. The van der Waals surface area contributed by atoms with E-state index in [1.54, 1.807) is 10.6 Å². The molecule has 2 heterocycles. The fourth-order valence-electron chi connectivity index (χ4n) is 7.80. The van der Waals surface area contributed by atoms with Crippen LogP contribution in [-0.4, -0.2) is 9.55 Å². The minimum Gasteiger partial charge on any atom is -0.296 e. The second-order valence-corrected chi connectivity index (χ2v) is 13.7. The van der Waals surface area contributed by atoms with Gasteiger partial charge < -0.3 is 0 Å². The van der Waals surface area contributed by atoms with Crippen molar-refractivity contribution in [3.63, 3.8) is 0 Å². The molecule has 0 atom stereocenters. The molecule has 0 N–H and O–H groups in total. The van der Waals surface area contributed by atoms with Crippen LogP contribution in [-0.2, 0) is 6.37 Å². The van der Waals surface area contributed by atoms with Crippen molar-refractivity contribution >= 4 is 64.1 Å². The molecule has 10 rings (SSSR count). The molecule has 2 nitrogen and oxygen atoms in total. The van der Waals surface area contributed by atoms with Gasteiger partial charge in [0.25, 0.3) is 0 Å². The molecule has 0 spiro atoms. The number of hydrogen-bond acceptors (Lipinski definition) is 2. The van der Waals surface area contributed by atoms with Crippen LogP contribution < -0.4 is 0 Å². The predicted octanol–water partition coefficient (Wildman–Crippen LogP) is 13.3. The van der Waals surface area contributed by atoms with Crippen molar-refractivity contribution < 1.29 is 6.85 Å². The predicted molar refractivity (Wildman–Crippen MR) is 215 cm³/mol. The summed E-state index contributed by atoms with van der Waals surface area (Å²) < 4.78 is 45.9. The highest BCUT2D eigenvalue weighted by atomic mass is 32.1. The van der Waals surface area contributed by atoms with Crippen LogP contribution in [0.2, 0.25) is 0 Å². The lowest BCUT2D eigenvalue weighted by atomic mass is 9.84. The van der Waals surface area contributed by atoms with E-state index in [2.05, 4.69) is 120 Å². The Bertz CT molecular complexity index is 3060. The first kappa shape index (κ1) is 24.2. The van der Waals surface area contributed by atoms with E-state index in [4.69, 9.17) is 6.85 Å². The normalized spacial score (nSPS) is 13.8. The van der Waals surface area contributed by atoms with E-state index in [0.717, 1.165) is 22.3 Å². The maximum Gasteiger partial charge on any atom is 0.114 e. The summed E-state index contributed by atoms with van der Waals surface area (Å²) in [6.07, 6.45) is -2.70. The number of nitrogens with zero attached hydrogens (tertiary/aromatic N) is 2. The molecule has 0 aliphatic carbocycles. The second kappa shape index (κ2) is 11.5. The first-order valence-corrected chi connectivity index (χ1v) is 17.5. The Balaban J connectivity index is 1.16. The molecule has 2 aromatic heterocycles. The molecule has 0 unspecified atom stereocenters. The van der Waals surface area contributed by atoms with Crippen molar-refractivity contribution in [2.75, 3.05) is 0 Å². The molecule has 0 aliphatic rings. The van der Waals surface area contributed by atoms with Crippen LogP contribution in [0.15, 0.2) is 164 Å². The van der Waals surface area contributed by atoms with Gasteiger partial charge in [0, 0.05) is 39.0 Å². The topological polar surface area (TPSA) is 17.8 Å². The van der Waals surface area contributed by atoms with Gasteiger partial charge in [-0.25, -0.2) is 4.98 Å². The minimum absolute atomic E-state index is 0.151. The molecule has 3 heteroatoms. The number of aryl methyl sites for hydroxylation is 1. The number of fused-ring (bicyclic) bond motifs is 6. The van der Waals surface area contributed by atoms with Gasteiger partial charge in [0.15, 0.2) is 0 Å². The van der Waals surface area contributed by atoms with Crippen molar-refractivity contribution in [2.24, 2.45) is 0 Å². The molecular weight excluding hydrogens is 625 g/mol. The minimum atomic E-state index is -2.92. The molecule has 8 aromatic carbocycles. The quantitative estimate of drug-likeness (QED) is 0.168. The van der Waals surface area contributed by atoms with Gasteiger partial charge >= 0.3 is 0 Å². The Labute approximate surface area is 301 Å². The van der Waals surface area contributed by atoms with Crippen molar-refractivity contribution in [2.45, 2.75) is 13.2 Å². The van der Waals surface area contributed by atoms with E-state index in [1.807, 2.05) is 53.8 Å². The van der Waals surface area contributed by atoms with Crippen LogP contribution in [0.5, 0.6) is 0 Å². The van der Waals surface area contributed by atoms with Crippen LogP contribution >= 0.6 is 11.3 Å². The first-order chi connectivity index (χ1) is 26.7. The summed E-state index contributed by atoms with van der Waals surface area (Å²) in [7, 11) is 0. The van der Waals surface area contributed by atoms with Gasteiger partial charge in [-0.1, -0.05) is 140 Å². The number of thiophene rings is 1. The second-order valence-electron chi connectivity index (χ2n) is 12.6. The van der Waals surface area contributed by atoms with E-state index < -0.39 is 13.2 Å². The molecular formula is C47H32N2S. The lowest BCUT2D eigenvalue weighted by Gasteiger charge is -2.19. The summed E-state index contributed by atoms with van der Waals surface area (Å²) in [5.74, 6) is -0.151. The summed E-state index contributed by atoms with van der Waals surface area (Å²) >= 11 is 1.84. The maximum atomic E-state index is 8.73. The van der Waals surface area contributed by atoms with E-state index in [-0.39, 0.29) is 5.82 Å². The third-order valence-electron chi connectivity index (χ3n) is 9.91. The maximum absolute atomic E-state index is 8.73. The zero-order valence-corrected chi connectivity index (χ0v) is 27.7. The average Bonchev–Trinajstić information content (AvgIpc) is 3.79. The SMILES string of the molecule is [2H]C([2H])([2H])C([2H])([2H])c1nc2ccccc2n1-c1ccccc1-c1ccc(-c2c3ccccc3c(-c3cccc4sc5ccccc5c34)c3ccccc23)cc1. The lowest BCUT2D eigenvalue weighted by molar-refractivity contribution is 0.909. The first-order valence-electron chi connectivity index (χ1n) is 19.2. The highest BCUT2D eigenvalue weighted by Crippen LogP contribution is 2.48. The molecule has 0 radical (unpaired) electrons. The van der Waals surface area contributed by atoms with Crippen LogP contribution in [0, 0.1) is 0 Å². The highest BCUT2D eigenvalue weighted by Gasteiger charge is 2.20. The standard InChI is InChI=1S/C47H32N2S/c1-2-44-48-39-21-9-11-23-41(39)49(44)40-22-10-7-14-32(40)30-26-28-31(29-27-30)45-33-15-3-5-17-35(33)46(36-18-6-4-16-34(36)45)38-20-13-25-43-47(38)37-19-8-12-24-42(37)50-43/h3-29H,2H2,1H3/i1D3,2D2. The zero-order valence-electron chi connectivity index (χ0n) is 31.9.